The van der Waals surface area contributed by atoms with E-state index < -0.39 is 11.3 Å². The molecule has 10 nitrogen and oxygen atoms in total. The van der Waals surface area contributed by atoms with Crippen molar-refractivity contribution in [1.82, 2.24) is 19.6 Å². The third-order valence-corrected chi connectivity index (χ3v) is 9.37. The van der Waals surface area contributed by atoms with Gasteiger partial charge in [0.2, 0.25) is 0 Å². The van der Waals surface area contributed by atoms with Gasteiger partial charge in [-0.15, -0.1) is 23.5 Å². The molecule has 0 N–H and O–H groups in total. The van der Waals surface area contributed by atoms with Crippen LogP contribution in [0.4, 0.5) is 9.59 Å². The van der Waals surface area contributed by atoms with E-state index in [1.807, 2.05) is 27.7 Å². The quantitative estimate of drug-likeness (QED) is 0.410. The summed E-state index contributed by atoms with van der Waals surface area (Å²) in [7, 11) is 3.09. The van der Waals surface area contributed by atoms with Crippen LogP contribution < -0.4 is 0 Å². The number of carbonyl (C=O) groups is 2. The molecule has 196 valence electrons. The van der Waals surface area contributed by atoms with Crippen molar-refractivity contribution in [2.75, 3.05) is 52.5 Å². The monoisotopic (exact) mass is 520 g/mol. The molecule has 0 aliphatic carbocycles. The molecule has 0 radical (unpaired) electrons. The van der Waals surface area contributed by atoms with Crippen LogP contribution in [0.25, 0.3) is 0 Å². The summed E-state index contributed by atoms with van der Waals surface area (Å²) in [6.07, 6.45) is 0.184. The molecule has 4 unspecified atom stereocenters. The lowest BCUT2D eigenvalue weighted by Gasteiger charge is -2.45. The second-order valence-electron chi connectivity index (χ2n) is 9.74. The molecule has 3 rings (SSSR count). The highest BCUT2D eigenvalue weighted by atomic mass is 32.2. The first kappa shape index (κ1) is 27.7. The first-order valence-corrected chi connectivity index (χ1v) is 13.8. The average molecular weight is 521 g/mol. The topological polar surface area (TPSA) is 84.0 Å². The van der Waals surface area contributed by atoms with Gasteiger partial charge in [0.15, 0.2) is 11.3 Å². The second kappa shape index (κ2) is 11.0. The standard InChI is InChI=1S/C22H40N4O6S2/c1-15(2)9-23-19(27)26(14-31-17-10-34-18(11-33-17)32-16(3)4)22(6)21(23,5)24(12-29-7)20(28)25(22)13-30-8/h15-18H,9-14H2,1-8H3. The van der Waals surface area contributed by atoms with Crippen molar-refractivity contribution in [3.63, 3.8) is 0 Å². The summed E-state index contributed by atoms with van der Waals surface area (Å²) in [6.45, 7) is 12.7. The van der Waals surface area contributed by atoms with Gasteiger partial charge in [0, 0.05) is 32.3 Å². The molecule has 0 aromatic rings. The zero-order valence-corrected chi connectivity index (χ0v) is 23.2. The van der Waals surface area contributed by atoms with E-state index in [-0.39, 0.29) is 55.1 Å². The number of nitrogens with zero attached hydrogens (tertiary/aromatic N) is 4. The Morgan fingerprint density at radius 2 is 1.29 bits per heavy atom. The van der Waals surface area contributed by atoms with Crippen LogP contribution in [-0.2, 0) is 18.9 Å². The van der Waals surface area contributed by atoms with Gasteiger partial charge in [-0.2, -0.15) is 0 Å². The molecule has 0 bridgehead atoms. The maximum Gasteiger partial charge on any atom is 0.327 e. The van der Waals surface area contributed by atoms with Gasteiger partial charge >= 0.3 is 12.1 Å². The lowest BCUT2D eigenvalue weighted by atomic mass is 9.95. The van der Waals surface area contributed by atoms with Gasteiger partial charge in [-0.1, -0.05) is 13.8 Å². The summed E-state index contributed by atoms with van der Waals surface area (Å²) in [6, 6.07) is -0.404. The Balaban J connectivity index is 1.85. The zero-order valence-electron chi connectivity index (χ0n) is 21.6. The maximum atomic E-state index is 13.8. The van der Waals surface area contributed by atoms with Crippen LogP contribution in [0.1, 0.15) is 41.5 Å². The molecule has 3 aliphatic heterocycles. The van der Waals surface area contributed by atoms with Crippen LogP contribution in [0.3, 0.4) is 0 Å². The zero-order chi connectivity index (χ0) is 25.3. The van der Waals surface area contributed by atoms with E-state index in [0.717, 1.165) is 11.5 Å². The Kier molecular flexibility index (Phi) is 8.95. The molecule has 0 aromatic carbocycles. The molecule has 4 atom stereocenters. The molecule has 0 spiro atoms. The van der Waals surface area contributed by atoms with Crippen molar-refractivity contribution >= 4 is 35.6 Å². The largest absolute Gasteiger partial charge is 0.364 e. The minimum Gasteiger partial charge on any atom is -0.364 e. The molecule has 0 saturated carbocycles. The van der Waals surface area contributed by atoms with E-state index in [0.29, 0.717) is 6.54 Å². The van der Waals surface area contributed by atoms with Crippen LogP contribution in [0, 0.1) is 5.92 Å². The number of hydrogen-bond donors (Lipinski definition) is 0. The van der Waals surface area contributed by atoms with Gasteiger partial charge in [-0.25, -0.2) is 9.59 Å². The molecule has 12 heteroatoms. The van der Waals surface area contributed by atoms with E-state index in [1.54, 1.807) is 57.3 Å². The fraction of sp³-hybridized carbons (Fsp3) is 0.909. The van der Waals surface area contributed by atoms with E-state index in [9.17, 15) is 9.59 Å². The Bertz CT molecular complexity index is 738. The fourth-order valence-corrected chi connectivity index (χ4v) is 7.49. The molecule has 3 fully saturated rings. The van der Waals surface area contributed by atoms with Crippen molar-refractivity contribution < 1.29 is 28.5 Å². The Morgan fingerprint density at radius 3 is 1.76 bits per heavy atom. The van der Waals surface area contributed by atoms with Crippen LogP contribution >= 0.6 is 23.5 Å². The van der Waals surface area contributed by atoms with Gasteiger partial charge in [-0.05, 0) is 33.6 Å². The van der Waals surface area contributed by atoms with Crippen LogP contribution in [0.2, 0.25) is 0 Å². The normalized spacial score (nSPS) is 32.1. The van der Waals surface area contributed by atoms with Crippen molar-refractivity contribution in [3.05, 3.63) is 0 Å². The fourth-order valence-electron chi connectivity index (χ4n) is 4.88. The smallest absolute Gasteiger partial charge is 0.327 e. The highest BCUT2D eigenvalue weighted by Crippen LogP contribution is 2.51. The lowest BCUT2D eigenvalue weighted by Crippen LogP contribution is -2.65. The lowest BCUT2D eigenvalue weighted by molar-refractivity contribution is -0.109. The molecule has 3 aliphatic rings. The van der Waals surface area contributed by atoms with Crippen molar-refractivity contribution in [2.24, 2.45) is 5.92 Å². The predicted octanol–water partition coefficient (Wildman–Crippen LogP) is 3.29. The van der Waals surface area contributed by atoms with Crippen molar-refractivity contribution in [1.29, 1.82) is 0 Å². The summed E-state index contributed by atoms with van der Waals surface area (Å²) in [5.74, 6) is 1.81. The van der Waals surface area contributed by atoms with Crippen LogP contribution in [0.5, 0.6) is 0 Å². The molecule has 34 heavy (non-hydrogen) atoms. The van der Waals surface area contributed by atoms with Gasteiger partial charge < -0.3 is 18.9 Å². The number of thioether (sulfide) groups is 2. The highest BCUT2D eigenvalue weighted by Gasteiger charge is 2.74. The van der Waals surface area contributed by atoms with Gasteiger partial charge in [0.05, 0.1) is 6.10 Å². The Hall–Kier alpha value is -0.920. The third kappa shape index (κ3) is 4.73. The minimum absolute atomic E-state index is 0.0483. The second-order valence-corrected chi connectivity index (χ2v) is 12.1. The molecular weight excluding hydrogens is 480 g/mol. The van der Waals surface area contributed by atoms with Crippen molar-refractivity contribution in [3.8, 4) is 0 Å². The number of hydrogen-bond acceptors (Lipinski definition) is 8. The van der Waals surface area contributed by atoms with E-state index >= 15 is 0 Å². The molecule has 3 heterocycles. The first-order valence-electron chi connectivity index (χ1n) is 11.7. The number of ether oxygens (including phenoxy) is 4. The average Bonchev–Trinajstić information content (AvgIpc) is 3.02. The van der Waals surface area contributed by atoms with E-state index in [4.69, 9.17) is 18.9 Å². The number of amides is 4. The number of urea groups is 2. The van der Waals surface area contributed by atoms with E-state index in [1.165, 1.54) is 0 Å². The summed E-state index contributed by atoms with van der Waals surface area (Å²) < 4.78 is 22.9. The molecule has 0 aromatic heterocycles. The van der Waals surface area contributed by atoms with Gasteiger partial charge in [0.1, 0.15) is 31.1 Å². The van der Waals surface area contributed by atoms with E-state index in [2.05, 4.69) is 13.8 Å². The molecule has 4 amide bonds. The molecule has 3 saturated heterocycles. The number of fused-ring (bicyclic) bond motifs is 1. The number of rotatable bonds is 11. The Morgan fingerprint density at radius 1 is 0.824 bits per heavy atom. The summed E-state index contributed by atoms with van der Waals surface area (Å²) in [5.41, 5.74) is -1.90. The van der Waals surface area contributed by atoms with Crippen molar-refractivity contribution in [2.45, 2.75) is 69.8 Å². The first-order chi connectivity index (χ1) is 16.0. The predicted molar refractivity (Wildman–Crippen MR) is 133 cm³/mol. The minimum atomic E-state index is -1.01. The molecular formula is C22H40N4O6S2. The third-order valence-electron chi connectivity index (χ3n) is 6.64. The maximum absolute atomic E-state index is 13.8. The Labute approximate surface area is 211 Å². The summed E-state index contributed by atoms with van der Waals surface area (Å²) in [4.78, 5) is 34.0. The SMILES string of the molecule is COCN1C(=O)N(COC)C2(C)N(CC(C)C)C(=O)N(COC3CSC(OC(C)C)CS3)C12C. The summed E-state index contributed by atoms with van der Waals surface area (Å²) >= 11 is 3.43. The number of methoxy groups -OCH3 is 2. The van der Waals surface area contributed by atoms with Crippen LogP contribution in [-0.4, -0.2) is 112 Å². The highest BCUT2D eigenvalue weighted by molar-refractivity contribution is 8.06. The van der Waals surface area contributed by atoms with Gasteiger partial charge in [-0.3, -0.25) is 19.6 Å². The summed E-state index contributed by atoms with van der Waals surface area (Å²) in [5, 5.41) is 0. The number of carbonyl (C=O) groups excluding carboxylic acids is 2. The van der Waals surface area contributed by atoms with Crippen LogP contribution in [0.15, 0.2) is 0 Å². The van der Waals surface area contributed by atoms with Gasteiger partial charge in [0.25, 0.3) is 0 Å².